The molecule has 176 valence electrons. The van der Waals surface area contributed by atoms with E-state index in [1.54, 1.807) is 0 Å². The maximum Gasteiger partial charge on any atom is 0.0794 e. The van der Waals surface area contributed by atoms with Gasteiger partial charge >= 0.3 is 0 Å². The van der Waals surface area contributed by atoms with Gasteiger partial charge in [0, 0.05) is 27.5 Å². The first kappa shape index (κ1) is 21.8. The van der Waals surface area contributed by atoms with Gasteiger partial charge in [-0.25, -0.2) is 4.98 Å². The summed E-state index contributed by atoms with van der Waals surface area (Å²) in [5, 5.41) is 1.17. The molecule has 1 aromatic heterocycles. The van der Waals surface area contributed by atoms with Gasteiger partial charge in [0.15, 0.2) is 0 Å². The monoisotopic (exact) mass is 473 g/mol. The highest BCUT2D eigenvalue weighted by molar-refractivity contribution is 6.07. The number of nitrogens with zero attached hydrogens (tertiary/aromatic N) is 1. The van der Waals surface area contributed by atoms with Crippen molar-refractivity contribution in [3.63, 3.8) is 0 Å². The predicted octanol–water partition coefficient (Wildman–Crippen LogP) is 9.54. The molecule has 1 aliphatic rings. The SMILES string of the molecule is CC1(C)c2ccccc2-c2ccc(-c3nc4ccccc4c(-c4ccccc4)c3-c3ccccc3)cc21. The Bertz CT molecular complexity index is 1780. The van der Waals surface area contributed by atoms with Crippen LogP contribution in [0.1, 0.15) is 25.0 Å². The summed E-state index contributed by atoms with van der Waals surface area (Å²) >= 11 is 0. The van der Waals surface area contributed by atoms with Crippen LogP contribution in [0.2, 0.25) is 0 Å². The first-order valence-corrected chi connectivity index (χ1v) is 12.9. The number of pyridine rings is 1. The average Bonchev–Trinajstić information content (AvgIpc) is 3.19. The number of benzene rings is 5. The van der Waals surface area contributed by atoms with E-state index < -0.39 is 0 Å². The van der Waals surface area contributed by atoms with Gasteiger partial charge in [-0.2, -0.15) is 0 Å². The average molecular weight is 474 g/mol. The molecular formula is C36H27N. The summed E-state index contributed by atoms with van der Waals surface area (Å²) in [4.78, 5) is 5.33. The van der Waals surface area contributed by atoms with Crippen LogP contribution in [-0.4, -0.2) is 4.98 Å². The minimum Gasteiger partial charge on any atom is -0.247 e. The topological polar surface area (TPSA) is 12.9 Å². The van der Waals surface area contributed by atoms with Gasteiger partial charge in [-0.05, 0) is 45.5 Å². The molecule has 0 radical (unpaired) electrons. The summed E-state index contributed by atoms with van der Waals surface area (Å²) < 4.78 is 0. The molecule has 0 unspecified atom stereocenters. The van der Waals surface area contributed by atoms with Crippen molar-refractivity contribution in [2.45, 2.75) is 19.3 Å². The Hall–Kier alpha value is -4.49. The molecule has 1 heterocycles. The second-order valence-corrected chi connectivity index (χ2v) is 10.4. The van der Waals surface area contributed by atoms with Crippen LogP contribution < -0.4 is 0 Å². The third-order valence-electron chi connectivity index (χ3n) is 7.87. The normalized spacial score (nSPS) is 13.4. The standard InChI is InChI=1S/C36H27N/c1-36(2)30-19-11-9-17-27(30)28-22-21-26(23-31(28)36)35-34(25-15-7-4-8-16-25)33(24-13-5-3-6-14-24)29-18-10-12-20-32(29)37-35/h3-23H,1-2H3. The van der Waals surface area contributed by atoms with Gasteiger partial charge in [0.2, 0.25) is 0 Å². The third kappa shape index (κ3) is 3.35. The maximum atomic E-state index is 5.33. The van der Waals surface area contributed by atoms with Crippen LogP contribution in [0, 0.1) is 0 Å². The zero-order chi connectivity index (χ0) is 25.0. The van der Waals surface area contributed by atoms with E-state index in [4.69, 9.17) is 4.98 Å². The lowest BCUT2D eigenvalue weighted by Gasteiger charge is -2.23. The molecule has 7 rings (SSSR count). The Kier molecular flexibility index (Phi) is 4.87. The van der Waals surface area contributed by atoms with E-state index in [-0.39, 0.29) is 5.41 Å². The van der Waals surface area contributed by atoms with Gasteiger partial charge in [-0.1, -0.05) is 129 Å². The molecule has 37 heavy (non-hydrogen) atoms. The predicted molar refractivity (Wildman–Crippen MR) is 156 cm³/mol. The fourth-order valence-electron chi connectivity index (χ4n) is 6.06. The molecule has 6 aromatic rings. The second kappa shape index (κ2) is 8.28. The molecule has 0 aliphatic heterocycles. The molecule has 0 bridgehead atoms. The molecule has 1 nitrogen and oxygen atoms in total. The van der Waals surface area contributed by atoms with Gasteiger partial charge < -0.3 is 0 Å². The number of hydrogen-bond donors (Lipinski definition) is 0. The lowest BCUT2D eigenvalue weighted by atomic mass is 9.81. The van der Waals surface area contributed by atoms with Crippen LogP contribution in [0.3, 0.4) is 0 Å². The first-order chi connectivity index (χ1) is 18.1. The van der Waals surface area contributed by atoms with Gasteiger partial charge in [0.25, 0.3) is 0 Å². The summed E-state index contributed by atoms with van der Waals surface area (Å²) in [5.74, 6) is 0. The van der Waals surface area contributed by atoms with Gasteiger partial charge in [-0.15, -0.1) is 0 Å². The first-order valence-electron chi connectivity index (χ1n) is 12.9. The van der Waals surface area contributed by atoms with E-state index in [2.05, 4.69) is 141 Å². The molecule has 0 fully saturated rings. The molecule has 0 amide bonds. The highest BCUT2D eigenvalue weighted by Crippen LogP contribution is 2.50. The van der Waals surface area contributed by atoms with E-state index in [0.717, 1.165) is 16.8 Å². The molecule has 0 spiro atoms. The van der Waals surface area contributed by atoms with E-state index in [1.165, 1.54) is 49.9 Å². The van der Waals surface area contributed by atoms with Gasteiger partial charge in [-0.3, -0.25) is 0 Å². The van der Waals surface area contributed by atoms with Gasteiger partial charge in [0.05, 0.1) is 11.2 Å². The number of para-hydroxylation sites is 1. The summed E-state index contributed by atoms with van der Waals surface area (Å²) in [6.45, 7) is 4.67. The van der Waals surface area contributed by atoms with Crippen LogP contribution in [0.4, 0.5) is 0 Å². The fraction of sp³-hybridized carbons (Fsp3) is 0.0833. The quantitative estimate of drug-likeness (QED) is 0.249. The van der Waals surface area contributed by atoms with Crippen LogP contribution in [-0.2, 0) is 5.41 Å². The Morgan fingerprint density at radius 3 is 1.84 bits per heavy atom. The van der Waals surface area contributed by atoms with Crippen LogP contribution >= 0.6 is 0 Å². The summed E-state index contributed by atoms with van der Waals surface area (Å²) in [6, 6.07) is 45.7. The number of fused-ring (bicyclic) bond motifs is 4. The second-order valence-electron chi connectivity index (χ2n) is 10.4. The van der Waals surface area contributed by atoms with Gasteiger partial charge in [0.1, 0.15) is 0 Å². The summed E-state index contributed by atoms with van der Waals surface area (Å²) in [7, 11) is 0. The third-order valence-corrected chi connectivity index (χ3v) is 7.87. The fourth-order valence-corrected chi connectivity index (χ4v) is 6.06. The number of hydrogen-bond acceptors (Lipinski definition) is 1. The molecule has 0 saturated heterocycles. The van der Waals surface area contributed by atoms with E-state index >= 15 is 0 Å². The smallest absolute Gasteiger partial charge is 0.0794 e. The van der Waals surface area contributed by atoms with Crippen LogP contribution in [0.25, 0.3) is 55.5 Å². The Morgan fingerprint density at radius 2 is 1.08 bits per heavy atom. The Labute approximate surface area is 218 Å². The van der Waals surface area contributed by atoms with Crippen molar-refractivity contribution in [3.8, 4) is 44.6 Å². The maximum absolute atomic E-state index is 5.33. The summed E-state index contributed by atoms with van der Waals surface area (Å²) in [5.41, 5.74) is 13.3. The molecule has 1 aliphatic carbocycles. The van der Waals surface area contributed by atoms with Crippen molar-refractivity contribution in [3.05, 3.63) is 139 Å². The molecule has 0 saturated carbocycles. The lowest BCUT2D eigenvalue weighted by molar-refractivity contribution is 0.660. The van der Waals surface area contributed by atoms with Crippen molar-refractivity contribution in [1.29, 1.82) is 0 Å². The van der Waals surface area contributed by atoms with Crippen molar-refractivity contribution in [2.75, 3.05) is 0 Å². The Morgan fingerprint density at radius 1 is 0.486 bits per heavy atom. The van der Waals surface area contributed by atoms with Crippen molar-refractivity contribution >= 4 is 10.9 Å². The highest BCUT2D eigenvalue weighted by Gasteiger charge is 2.35. The van der Waals surface area contributed by atoms with Crippen LogP contribution in [0.15, 0.2) is 127 Å². The van der Waals surface area contributed by atoms with Crippen molar-refractivity contribution in [1.82, 2.24) is 4.98 Å². The largest absolute Gasteiger partial charge is 0.247 e. The minimum atomic E-state index is -0.0616. The minimum absolute atomic E-state index is 0.0616. The molecular weight excluding hydrogens is 446 g/mol. The van der Waals surface area contributed by atoms with E-state index in [0.29, 0.717) is 0 Å². The van der Waals surface area contributed by atoms with E-state index in [1.807, 2.05) is 0 Å². The molecule has 0 N–H and O–H groups in total. The summed E-state index contributed by atoms with van der Waals surface area (Å²) in [6.07, 6.45) is 0. The highest BCUT2D eigenvalue weighted by atomic mass is 14.7. The lowest BCUT2D eigenvalue weighted by Crippen LogP contribution is -2.15. The molecule has 1 heteroatoms. The molecule has 5 aromatic carbocycles. The molecule has 0 atom stereocenters. The van der Waals surface area contributed by atoms with Crippen LogP contribution in [0.5, 0.6) is 0 Å². The Balaban J connectivity index is 1.57. The van der Waals surface area contributed by atoms with E-state index in [9.17, 15) is 0 Å². The number of aromatic nitrogens is 1. The van der Waals surface area contributed by atoms with Crippen molar-refractivity contribution in [2.24, 2.45) is 0 Å². The van der Waals surface area contributed by atoms with Crippen molar-refractivity contribution < 1.29 is 0 Å². The zero-order valence-corrected chi connectivity index (χ0v) is 21.1. The number of rotatable bonds is 3. The zero-order valence-electron chi connectivity index (χ0n) is 21.1.